The Kier molecular flexibility index (Phi) is 5.37. The molecule has 3 nitrogen and oxygen atoms in total. The Morgan fingerprint density at radius 1 is 0.957 bits per heavy atom. The van der Waals surface area contributed by atoms with Crippen LogP contribution in [0.2, 0.25) is 0 Å². The summed E-state index contributed by atoms with van der Waals surface area (Å²) in [6.45, 7) is 1.68. The van der Waals surface area contributed by atoms with Crippen LogP contribution in [0, 0.1) is 6.07 Å². The van der Waals surface area contributed by atoms with Gasteiger partial charge >= 0.3 is 0 Å². The van der Waals surface area contributed by atoms with Gasteiger partial charge in [0.05, 0.1) is 0 Å². The highest BCUT2D eigenvalue weighted by atomic mass is 79.9. The number of aromatic nitrogens is 2. The number of hydrogen-bond donors (Lipinski definition) is 0. The highest BCUT2D eigenvalue weighted by Gasteiger charge is 2.09. The van der Waals surface area contributed by atoms with Gasteiger partial charge < -0.3 is 4.90 Å². The smallest absolute Gasteiger partial charge is 0.136 e. The van der Waals surface area contributed by atoms with Gasteiger partial charge in [-0.2, -0.15) is 0 Å². The molecule has 0 bridgehead atoms. The Labute approximate surface area is 145 Å². The lowest BCUT2D eigenvalue weighted by Gasteiger charge is -2.23. The highest BCUT2D eigenvalue weighted by Crippen LogP contribution is 2.16. The molecule has 0 aliphatic rings. The third kappa shape index (κ3) is 4.63. The Morgan fingerprint density at radius 2 is 1.74 bits per heavy atom. The van der Waals surface area contributed by atoms with Gasteiger partial charge in [0.2, 0.25) is 0 Å². The third-order valence-electron chi connectivity index (χ3n) is 3.60. The average molecular weight is 367 g/mol. The maximum absolute atomic E-state index is 4.45. The lowest BCUT2D eigenvalue weighted by molar-refractivity contribution is 0.767. The van der Waals surface area contributed by atoms with Crippen LogP contribution in [0.5, 0.6) is 0 Å². The highest BCUT2D eigenvalue weighted by molar-refractivity contribution is 9.10. The van der Waals surface area contributed by atoms with E-state index in [9.17, 15) is 0 Å². The third-order valence-corrected chi connectivity index (χ3v) is 4.13. The molecule has 0 unspecified atom stereocenters. The maximum atomic E-state index is 4.45. The molecule has 0 N–H and O–H groups in total. The van der Waals surface area contributed by atoms with Crippen molar-refractivity contribution < 1.29 is 0 Å². The fourth-order valence-electron chi connectivity index (χ4n) is 2.37. The van der Waals surface area contributed by atoms with Crippen LogP contribution in [0.3, 0.4) is 0 Å². The van der Waals surface area contributed by atoms with Gasteiger partial charge in [0.1, 0.15) is 5.82 Å². The number of hydrogen-bond acceptors (Lipinski definition) is 3. The van der Waals surface area contributed by atoms with E-state index in [-0.39, 0.29) is 0 Å². The van der Waals surface area contributed by atoms with E-state index < -0.39 is 0 Å². The summed E-state index contributed by atoms with van der Waals surface area (Å²) in [5.41, 5.74) is 2.53. The van der Waals surface area contributed by atoms with Crippen molar-refractivity contribution >= 4 is 21.7 Å². The summed E-state index contributed by atoms with van der Waals surface area (Å²) >= 11 is 3.48. The molecule has 115 valence electrons. The first-order valence-electron chi connectivity index (χ1n) is 7.52. The second-order valence-corrected chi connectivity index (χ2v) is 6.17. The first-order valence-corrected chi connectivity index (χ1v) is 8.31. The molecule has 4 heteroatoms. The Bertz CT molecular complexity index is 715. The minimum atomic E-state index is 0.798. The molecule has 0 atom stereocenters. The van der Waals surface area contributed by atoms with Crippen molar-refractivity contribution in [2.24, 2.45) is 0 Å². The molecule has 2 aromatic heterocycles. The summed E-state index contributed by atoms with van der Waals surface area (Å²) < 4.78 is 1.10. The second kappa shape index (κ2) is 7.88. The van der Waals surface area contributed by atoms with Crippen molar-refractivity contribution in [1.29, 1.82) is 0 Å². The predicted molar refractivity (Wildman–Crippen MR) is 96.2 cm³/mol. The molecule has 0 aliphatic heterocycles. The van der Waals surface area contributed by atoms with Crippen molar-refractivity contribution in [3.05, 3.63) is 88.8 Å². The van der Waals surface area contributed by atoms with Gasteiger partial charge in [-0.15, -0.1) is 0 Å². The number of rotatable bonds is 6. The zero-order valence-corrected chi connectivity index (χ0v) is 14.3. The van der Waals surface area contributed by atoms with E-state index >= 15 is 0 Å². The maximum Gasteiger partial charge on any atom is 0.136 e. The Hall–Kier alpha value is -2.20. The normalized spacial score (nSPS) is 10.5. The van der Waals surface area contributed by atoms with Gasteiger partial charge in [-0.3, -0.25) is 4.98 Å². The first kappa shape index (κ1) is 15.7. The monoisotopic (exact) mass is 366 g/mol. The Morgan fingerprint density at radius 3 is 2.43 bits per heavy atom. The number of pyridine rings is 2. The van der Waals surface area contributed by atoms with Gasteiger partial charge in [-0.05, 0) is 53.9 Å². The van der Waals surface area contributed by atoms with Gasteiger partial charge in [0.25, 0.3) is 0 Å². The van der Waals surface area contributed by atoms with Crippen LogP contribution in [-0.4, -0.2) is 16.5 Å². The molecule has 0 aliphatic carbocycles. The van der Waals surface area contributed by atoms with Crippen LogP contribution in [-0.2, 0) is 13.0 Å². The fraction of sp³-hybridized carbons (Fsp3) is 0.158. The summed E-state index contributed by atoms with van der Waals surface area (Å²) in [5.74, 6) is 0.876. The fourth-order valence-corrected chi connectivity index (χ4v) is 2.64. The van der Waals surface area contributed by atoms with E-state index in [4.69, 9.17) is 0 Å². The summed E-state index contributed by atoms with van der Waals surface area (Å²) in [7, 11) is 0. The standard InChI is InChI=1S/C19H17BrN3/c20-18-6-4-16(5-7-18)10-14-23(19-3-1-2-11-22-19)15-17-8-12-21-13-9-17/h1-2,4-9,11-13H,10,14-15H2. The van der Waals surface area contributed by atoms with Crippen LogP contribution >= 0.6 is 15.9 Å². The van der Waals surface area contributed by atoms with Crippen molar-refractivity contribution in [3.63, 3.8) is 0 Å². The number of benzene rings is 1. The molecular formula is C19H17BrN3. The Balaban J connectivity index is 1.74. The summed E-state index contributed by atoms with van der Waals surface area (Å²) in [5, 5.41) is 0. The second-order valence-electron chi connectivity index (χ2n) is 5.26. The van der Waals surface area contributed by atoms with Gasteiger partial charge in [-0.25, -0.2) is 4.98 Å². The molecule has 3 rings (SSSR count). The SMILES string of the molecule is Brc1ccc(CCN(Cc2ccncc2)c2[c]cccn2)cc1. The molecule has 0 saturated heterocycles. The first-order chi connectivity index (χ1) is 11.3. The largest absolute Gasteiger partial charge is 0.351 e. The molecule has 0 spiro atoms. The molecule has 0 saturated carbocycles. The average Bonchev–Trinajstić information content (AvgIpc) is 2.61. The molecular weight excluding hydrogens is 350 g/mol. The van der Waals surface area contributed by atoms with E-state index in [0.29, 0.717) is 0 Å². The summed E-state index contributed by atoms with van der Waals surface area (Å²) in [4.78, 5) is 10.8. The zero-order valence-electron chi connectivity index (χ0n) is 12.7. The zero-order chi connectivity index (χ0) is 15.9. The van der Waals surface area contributed by atoms with Crippen molar-refractivity contribution in [2.45, 2.75) is 13.0 Å². The van der Waals surface area contributed by atoms with Crippen molar-refractivity contribution in [3.8, 4) is 0 Å². The van der Waals surface area contributed by atoms with Gasteiger partial charge in [0.15, 0.2) is 0 Å². The molecule has 23 heavy (non-hydrogen) atoms. The molecule has 1 radical (unpaired) electrons. The van der Waals surface area contributed by atoms with Crippen LogP contribution in [0.4, 0.5) is 5.82 Å². The molecule has 0 amide bonds. The quantitative estimate of drug-likeness (QED) is 0.651. The van der Waals surface area contributed by atoms with E-state index in [2.05, 4.69) is 61.1 Å². The lowest BCUT2D eigenvalue weighted by atomic mass is 10.1. The van der Waals surface area contributed by atoms with Crippen LogP contribution in [0.15, 0.2) is 71.6 Å². The minimum absolute atomic E-state index is 0.798. The number of anilines is 1. The molecule has 3 aromatic rings. The van der Waals surface area contributed by atoms with Gasteiger partial charge in [-0.1, -0.05) is 28.1 Å². The van der Waals surface area contributed by atoms with Crippen LogP contribution < -0.4 is 4.90 Å². The van der Waals surface area contributed by atoms with Crippen molar-refractivity contribution in [1.82, 2.24) is 9.97 Å². The topological polar surface area (TPSA) is 29.0 Å². The summed E-state index contributed by atoms with van der Waals surface area (Å²) in [6, 6.07) is 19.6. The summed E-state index contributed by atoms with van der Waals surface area (Å²) in [6.07, 6.45) is 6.42. The van der Waals surface area contributed by atoms with Crippen LogP contribution in [0.1, 0.15) is 11.1 Å². The minimum Gasteiger partial charge on any atom is -0.351 e. The lowest BCUT2D eigenvalue weighted by Crippen LogP contribution is -2.26. The number of halogens is 1. The van der Waals surface area contributed by atoms with Crippen LogP contribution in [0.25, 0.3) is 0 Å². The van der Waals surface area contributed by atoms with E-state index in [1.807, 2.05) is 42.9 Å². The molecule has 1 aromatic carbocycles. The number of nitrogens with zero attached hydrogens (tertiary/aromatic N) is 3. The van der Waals surface area contributed by atoms with Gasteiger partial charge in [0, 0.05) is 42.2 Å². The van der Waals surface area contributed by atoms with E-state index in [1.165, 1.54) is 11.1 Å². The molecule has 0 fully saturated rings. The van der Waals surface area contributed by atoms with Crippen molar-refractivity contribution in [2.75, 3.05) is 11.4 Å². The molecule has 2 heterocycles. The van der Waals surface area contributed by atoms with E-state index in [0.717, 1.165) is 29.8 Å². The van der Waals surface area contributed by atoms with E-state index in [1.54, 1.807) is 0 Å². The predicted octanol–water partition coefficient (Wildman–Crippen LogP) is 4.29.